The van der Waals surface area contributed by atoms with Gasteiger partial charge < -0.3 is 15.0 Å². The maximum absolute atomic E-state index is 5.05. The lowest BCUT2D eigenvalue weighted by Crippen LogP contribution is -2.07. The molecule has 0 radical (unpaired) electrons. The van der Waals surface area contributed by atoms with Crippen molar-refractivity contribution in [2.45, 2.75) is 6.42 Å². The van der Waals surface area contributed by atoms with Crippen LogP contribution in [0.4, 0.5) is 5.82 Å². The number of fused-ring (bicyclic) bond motifs is 1. The predicted molar refractivity (Wildman–Crippen MR) is 76.9 cm³/mol. The molecule has 1 aromatic carbocycles. The molecule has 0 fully saturated rings. The zero-order chi connectivity index (χ0) is 13.8. The Hall–Kier alpha value is -2.63. The number of para-hydroxylation sites is 2. The first-order chi connectivity index (χ1) is 9.85. The van der Waals surface area contributed by atoms with Crippen LogP contribution in [0.5, 0.6) is 5.88 Å². The molecule has 0 aliphatic heterocycles. The van der Waals surface area contributed by atoms with Crippen molar-refractivity contribution in [2.24, 2.45) is 0 Å². The lowest BCUT2D eigenvalue weighted by Gasteiger charge is -2.05. The third kappa shape index (κ3) is 2.69. The van der Waals surface area contributed by atoms with Gasteiger partial charge in [0.25, 0.3) is 0 Å². The van der Waals surface area contributed by atoms with E-state index >= 15 is 0 Å². The first kappa shape index (κ1) is 12.4. The van der Waals surface area contributed by atoms with Crippen LogP contribution in [0.1, 0.15) is 5.82 Å². The minimum absolute atomic E-state index is 0.547. The highest BCUT2D eigenvalue weighted by molar-refractivity contribution is 5.74. The van der Waals surface area contributed by atoms with Crippen LogP contribution < -0.4 is 10.1 Å². The number of nitrogens with zero attached hydrogens (tertiary/aromatic N) is 3. The van der Waals surface area contributed by atoms with Gasteiger partial charge in [0.1, 0.15) is 18.0 Å². The van der Waals surface area contributed by atoms with Crippen molar-refractivity contribution in [1.82, 2.24) is 19.9 Å². The smallest absolute Gasteiger partial charge is 0.218 e. The van der Waals surface area contributed by atoms with E-state index in [0.717, 1.165) is 35.6 Å². The molecule has 102 valence electrons. The highest BCUT2D eigenvalue weighted by Gasteiger charge is 2.02. The first-order valence-electron chi connectivity index (χ1n) is 6.39. The van der Waals surface area contributed by atoms with Gasteiger partial charge in [0, 0.05) is 19.0 Å². The lowest BCUT2D eigenvalue weighted by molar-refractivity contribution is 0.397. The molecule has 3 rings (SSSR count). The third-order valence-electron chi connectivity index (χ3n) is 2.96. The van der Waals surface area contributed by atoms with E-state index in [0.29, 0.717) is 5.88 Å². The fraction of sp³-hybridized carbons (Fsp3) is 0.214. The second-order valence-corrected chi connectivity index (χ2v) is 4.32. The van der Waals surface area contributed by atoms with Crippen molar-refractivity contribution >= 4 is 16.9 Å². The van der Waals surface area contributed by atoms with Crippen LogP contribution in [0.2, 0.25) is 0 Å². The molecule has 6 heteroatoms. The van der Waals surface area contributed by atoms with E-state index in [4.69, 9.17) is 4.74 Å². The zero-order valence-corrected chi connectivity index (χ0v) is 11.1. The molecule has 0 amide bonds. The molecule has 2 aromatic heterocycles. The summed E-state index contributed by atoms with van der Waals surface area (Å²) in [5, 5.41) is 3.22. The van der Waals surface area contributed by atoms with E-state index < -0.39 is 0 Å². The van der Waals surface area contributed by atoms with E-state index in [2.05, 4.69) is 25.3 Å². The van der Waals surface area contributed by atoms with Gasteiger partial charge in [-0.2, -0.15) is 0 Å². The Kier molecular flexibility index (Phi) is 3.45. The molecule has 0 aliphatic rings. The maximum atomic E-state index is 5.05. The zero-order valence-electron chi connectivity index (χ0n) is 11.1. The number of methoxy groups -OCH3 is 1. The average Bonchev–Trinajstić information content (AvgIpc) is 2.90. The Morgan fingerprint density at radius 2 is 2.15 bits per heavy atom. The summed E-state index contributed by atoms with van der Waals surface area (Å²) in [7, 11) is 1.58. The number of H-pyrrole nitrogens is 1. The normalized spacial score (nSPS) is 10.7. The topological polar surface area (TPSA) is 75.7 Å². The predicted octanol–water partition coefficient (Wildman–Crippen LogP) is 2.02. The number of nitrogens with one attached hydrogen (secondary N) is 2. The van der Waals surface area contributed by atoms with Crippen LogP contribution in [0.15, 0.2) is 36.7 Å². The first-order valence-corrected chi connectivity index (χ1v) is 6.39. The Labute approximate surface area is 116 Å². The van der Waals surface area contributed by atoms with Gasteiger partial charge in [-0.05, 0) is 12.1 Å². The van der Waals surface area contributed by atoms with Crippen LogP contribution in [0.25, 0.3) is 11.0 Å². The third-order valence-corrected chi connectivity index (χ3v) is 2.96. The lowest BCUT2D eigenvalue weighted by atomic mass is 10.3. The van der Waals surface area contributed by atoms with Crippen molar-refractivity contribution in [3.63, 3.8) is 0 Å². The molecule has 0 bridgehead atoms. The van der Waals surface area contributed by atoms with Crippen molar-refractivity contribution < 1.29 is 4.74 Å². The number of anilines is 1. The van der Waals surface area contributed by atoms with Gasteiger partial charge in [-0.15, -0.1) is 0 Å². The number of hydrogen-bond acceptors (Lipinski definition) is 5. The van der Waals surface area contributed by atoms with Crippen LogP contribution >= 0.6 is 0 Å². The number of rotatable bonds is 5. The van der Waals surface area contributed by atoms with Crippen LogP contribution in [0, 0.1) is 0 Å². The SMILES string of the molecule is COc1cc(NCCc2nc3ccccc3[nH]2)ncn1. The monoisotopic (exact) mass is 269 g/mol. The Bertz CT molecular complexity index is 676. The van der Waals surface area contributed by atoms with E-state index in [1.165, 1.54) is 6.33 Å². The van der Waals surface area contributed by atoms with Crippen molar-refractivity contribution in [1.29, 1.82) is 0 Å². The Balaban J connectivity index is 1.61. The molecule has 0 aliphatic carbocycles. The van der Waals surface area contributed by atoms with E-state index in [1.807, 2.05) is 24.3 Å². The van der Waals surface area contributed by atoms with Gasteiger partial charge in [-0.1, -0.05) is 12.1 Å². The van der Waals surface area contributed by atoms with Gasteiger partial charge in [0.15, 0.2) is 0 Å². The summed E-state index contributed by atoms with van der Waals surface area (Å²) < 4.78 is 5.05. The molecule has 2 heterocycles. The second-order valence-electron chi connectivity index (χ2n) is 4.32. The summed E-state index contributed by atoms with van der Waals surface area (Å²) in [6.07, 6.45) is 2.27. The van der Waals surface area contributed by atoms with Gasteiger partial charge in [-0.25, -0.2) is 15.0 Å². The van der Waals surface area contributed by atoms with E-state index in [-0.39, 0.29) is 0 Å². The number of benzene rings is 1. The molecule has 20 heavy (non-hydrogen) atoms. The van der Waals surface area contributed by atoms with E-state index in [9.17, 15) is 0 Å². The van der Waals surface area contributed by atoms with Crippen LogP contribution in [-0.2, 0) is 6.42 Å². The molecule has 6 nitrogen and oxygen atoms in total. The highest BCUT2D eigenvalue weighted by Crippen LogP contribution is 2.12. The quantitative estimate of drug-likeness (QED) is 0.741. The number of hydrogen-bond donors (Lipinski definition) is 2. The number of aromatic nitrogens is 4. The Morgan fingerprint density at radius 1 is 1.25 bits per heavy atom. The largest absolute Gasteiger partial charge is 0.481 e. The molecule has 0 unspecified atom stereocenters. The van der Waals surface area contributed by atoms with Crippen molar-refractivity contribution in [3.05, 3.63) is 42.5 Å². The van der Waals surface area contributed by atoms with Gasteiger partial charge in [-0.3, -0.25) is 0 Å². The standard InChI is InChI=1S/C14H15N5O/c1-20-14-8-13(16-9-17-14)15-7-6-12-18-10-4-2-3-5-11(10)19-12/h2-5,8-9H,6-7H2,1H3,(H,18,19)(H,15,16,17). The summed E-state index contributed by atoms with van der Waals surface area (Å²) in [4.78, 5) is 15.9. The molecule has 3 aromatic rings. The number of ether oxygens (including phenoxy) is 1. The molecular formula is C14H15N5O. The van der Waals surface area contributed by atoms with Crippen LogP contribution in [0.3, 0.4) is 0 Å². The summed E-state index contributed by atoms with van der Waals surface area (Å²) in [6, 6.07) is 9.76. The number of imidazole rings is 1. The molecule has 0 saturated heterocycles. The number of aromatic amines is 1. The molecular weight excluding hydrogens is 254 g/mol. The fourth-order valence-electron chi connectivity index (χ4n) is 1.98. The maximum Gasteiger partial charge on any atom is 0.218 e. The minimum Gasteiger partial charge on any atom is -0.481 e. The van der Waals surface area contributed by atoms with Crippen molar-refractivity contribution in [2.75, 3.05) is 19.0 Å². The van der Waals surface area contributed by atoms with Crippen molar-refractivity contribution in [3.8, 4) is 5.88 Å². The van der Waals surface area contributed by atoms with Gasteiger partial charge in [0.05, 0.1) is 18.1 Å². The summed E-state index contributed by atoms with van der Waals surface area (Å²) in [5.74, 6) is 2.25. The molecule has 0 spiro atoms. The second kappa shape index (κ2) is 5.56. The van der Waals surface area contributed by atoms with E-state index in [1.54, 1.807) is 13.2 Å². The molecule has 2 N–H and O–H groups in total. The minimum atomic E-state index is 0.547. The fourth-order valence-corrected chi connectivity index (χ4v) is 1.98. The van der Waals surface area contributed by atoms with Gasteiger partial charge >= 0.3 is 0 Å². The van der Waals surface area contributed by atoms with Gasteiger partial charge in [0.2, 0.25) is 5.88 Å². The summed E-state index contributed by atoms with van der Waals surface area (Å²) >= 11 is 0. The highest BCUT2D eigenvalue weighted by atomic mass is 16.5. The average molecular weight is 269 g/mol. The summed E-state index contributed by atoms with van der Waals surface area (Å²) in [6.45, 7) is 0.736. The summed E-state index contributed by atoms with van der Waals surface area (Å²) in [5.41, 5.74) is 2.05. The molecule has 0 atom stereocenters. The molecule has 0 saturated carbocycles. The van der Waals surface area contributed by atoms with Crippen LogP contribution in [-0.4, -0.2) is 33.6 Å². The Morgan fingerprint density at radius 3 is 3.00 bits per heavy atom.